The number of furan rings is 1. The summed E-state index contributed by atoms with van der Waals surface area (Å²) in [6, 6.07) is 12.1. The van der Waals surface area contributed by atoms with Crippen molar-refractivity contribution in [2.45, 2.75) is 6.18 Å². The summed E-state index contributed by atoms with van der Waals surface area (Å²) in [6.07, 6.45) is -4.52. The molecule has 3 aromatic rings. The standard InChI is InChI=1S/C18H10Cl2F3NO2/c19-11-2-1-3-12(9-11)24-17(25)16-7-6-15(26-16)13-8-10(18(21,22)23)4-5-14(13)20/h1-9H,(H,24,25). The molecule has 0 saturated heterocycles. The van der Waals surface area contributed by atoms with Gasteiger partial charge < -0.3 is 9.73 Å². The molecule has 0 aliphatic carbocycles. The molecule has 1 N–H and O–H groups in total. The number of alkyl halides is 3. The summed E-state index contributed by atoms with van der Waals surface area (Å²) < 4.78 is 44.0. The van der Waals surface area contributed by atoms with Crippen molar-refractivity contribution in [3.05, 3.63) is 76.0 Å². The van der Waals surface area contributed by atoms with E-state index in [1.807, 2.05) is 0 Å². The first kappa shape index (κ1) is 18.4. The number of amides is 1. The highest BCUT2D eigenvalue weighted by Crippen LogP contribution is 2.36. The summed E-state index contributed by atoms with van der Waals surface area (Å²) >= 11 is 11.8. The molecule has 0 unspecified atom stereocenters. The zero-order valence-electron chi connectivity index (χ0n) is 12.9. The maximum Gasteiger partial charge on any atom is 0.416 e. The molecule has 0 aliphatic rings. The van der Waals surface area contributed by atoms with E-state index >= 15 is 0 Å². The van der Waals surface area contributed by atoms with Crippen molar-refractivity contribution < 1.29 is 22.4 Å². The number of hydrogen-bond donors (Lipinski definition) is 1. The zero-order chi connectivity index (χ0) is 18.9. The van der Waals surface area contributed by atoms with Gasteiger partial charge in [-0.25, -0.2) is 0 Å². The van der Waals surface area contributed by atoms with Crippen LogP contribution < -0.4 is 5.32 Å². The first-order chi connectivity index (χ1) is 12.2. The van der Waals surface area contributed by atoms with Gasteiger partial charge in [0.2, 0.25) is 0 Å². The van der Waals surface area contributed by atoms with E-state index in [9.17, 15) is 18.0 Å². The van der Waals surface area contributed by atoms with Gasteiger partial charge in [0.25, 0.3) is 5.91 Å². The molecule has 3 nitrogen and oxygen atoms in total. The lowest BCUT2D eigenvalue weighted by Crippen LogP contribution is -2.10. The Balaban J connectivity index is 1.87. The molecule has 1 aromatic heterocycles. The number of hydrogen-bond acceptors (Lipinski definition) is 2. The predicted octanol–water partition coefficient (Wildman–Crippen LogP) is 6.52. The fourth-order valence-electron chi connectivity index (χ4n) is 2.25. The van der Waals surface area contributed by atoms with E-state index < -0.39 is 17.6 Å². The molecule has 0 atom stereocenters. The van der Waals surface area contributed by atoms with Crippen LogP contribution in [0.15, 0.2) is 59.0 Å². The van der Waals surface area contributed by atoms with Crippen LogP contribution in [0.2, 0.25) is 10.0 Å². The molecule has 134 valence electrons. The number of rotatable bonds is 3. The summed E-state index contributed by atoms with van der Waals surface area (Å²) in [7, 11) is 0. The molecular formula is C18H10Cl2F3NO2. The van der Waals surface area contributed by atoms with Crippen molar-refractivity contribution in [3.63, 3.8) is 0 Å². The first-order valence-corrected chi connectivity index (χ1v) is 8.03. The second kappa shape index (κ2) is 7.05. The minimum absolute atomic E-state index is 0.0447. The Bertz CT molecular complexity index is 967. The lowest BCUT2D eigenvalue weighted by Gasteiger charge is -2.09. The van der Waals surface area contributed by atoms with E-state index in [0.29, 0.717) is 10.7 Å². The second-order valence-corrected chi connectivity index (χ2v) is 6.16. The third-order valence-electron chi connectivity index (χ3n) is 3.47. The summed E-state index contributed by atoms with van der Waals surface area (Å²) in [4.78, 5) is 12.2. The van der Waals surface area contributed by atoms with Gasteiger partial charge in [0, 0.05) is 16.3 Å². The van der Waals surface area contributed by atoms with Gasteiger partial charge in [0.1, 0.15) is 5.76 Å². The maximum absolute atomic E-state index is 12.9. The highest BCUT2D eigenvalue weighted by Gasteiger charge is 2.31. The van der Waals surface area contributed by atoms with Crippen molar-refractivity contribution in [2.24, 2.45) is 0 Å². The second-order valence-electron chi connectivity index (χ2n) is 5.32. The van der Waals surface area contributed by atoms with E-state index in [1.165, 1.54) is 12.1 Å². The Kier molecular flexibility index (Phi) is 4.98. The Morgan fingerprint density at radius 1 is 1.00 bits per heavy atom. The molecule has 0 radical (unpaired) electrons. The molecule has 0 spiro atoms. The molecule has 0 fully saturated rings. The van der Waals surface area contributed by atoms with Crippen LogP contribution in [-0.2, 0) is 6.18 Å². The van der Waals surface area contributed by atoms with Crippen molar-refractivity contribution in [2.75, 3.05) is 5.32 Å². The number of nitrogens with one attached hydrogen (secondary N) is 1. The highest BCUT2D eigenvalue weighted by molar-refractivity contribution is 6.33. The third kappa shape index (κ3) is 4.03. The highest BCUT2D eigenvalue weighted by atomic mass is 35.5. The minimum Gasteiger partial charge on any atom is -0.451 e. The van der Waals surface area contributed by atoms with Gasteiger partial charge in [-0.15, -0.1) is 0 Å². The van der Waals surface area contributed by atoms with Crippen LogP contribution in [0.25, 0.3) is 11.3 Å². The van der Waals surface area contributed by atoms with Gasteiger partial charge >= 0.3 is 6.18 Å². The van der Waals surface area contributed by atoms with Crippen molar-refractivity contribution in [3.8, 4) is 11.3 Å². The van der Waals surface area contributed by atoms with Gasteiger partial charge in [-0.3, -0.25) is 4.79 Å². The number of carbonyl (C=O) groups is 1. The predicted molar refractivity (Wildman–Crippen MR) is 93.6 cm³/mol. The SMILES string of the molecule is O=C(Nc1cccc(Cl)c1)c1ccc(-c2cc(C(F)(F)F)ccc2Cl)o1. The fraction of sp³-hybridized carbons (Fsp3) is 0.0556. The van der Waals surface area contributed by atoms with E-state index in [0.717, 1.165) is 18.2 Å². The molecule has 1 heterocycles. The van der Waals surface area contributed by atoms with Crippen LogP contribution in [0.3, 0.4) is 0 Å². The average molecular weight is 400 g/mol. The molecule has 0 aliphatic heterocycles. The quantitative estimate of drug-likeness (QED) is 0.544. The zero-order valence-corrected chi connectivity index (χ0v) is 14.4. The number of anilines is 1. The summed E-state index contributed by atoms with van der Waals surface area (Å²) in [5.74, 6) is -0.590. The fourth-order valence-corrected chi connectivity index (χ4v) is 2.65. The molecule has 2 aromatic carbocycles. The number of carbonyl (C=O) groups excluding carboxylic acids is 1. The summed E-state index contributed by atoms with van der Waals surface area (Å²) in [5, 5.41) is 3.11. The maximum atomic E-state index is 12.9. The Morgan fingerprint density at radius 2 is 1.77 bits per heavy atom. The van der Waals surface area contributed by atoms with E-state index in [2.05, 4.69) is 5.32 Å². The molecule has 26 heavy (non-hydrogen) atoms. The molecule has 0 bridgehead atoms. The van der Waals surface area contributed by atoms with Crippen LogP contribution in [0.4, 0.5) is 18.9 Å². The van der Waals surface area contributed by atoms with Gasteiger partial charge in [-0.2, -0.15) is 13.2 Å². The topological polar surface area (TPSA) is 42.2 Å². The van der Waals surface area contributed by atoms with Crippen LogP contribution in [0.5, 0.6) is 0 Å². The Morgan fingerprint density at radius 3 is 2.46 bits per heavy atom. The minimum atomic E-state index is -4.52. The molecule has 8 heteroatoms. The van der Waals surface area contributed by atoms with Crippen molar-refractivity contribution in [1.82, 2.24) is 0 Å². The van der Waals surface area contributed by atoms with Crippen LogP contribution in [0.1, 0.15) is 16.1 Å². The first-order valence-electron chi connectivity index (χ1n) is 7.28. The largest absolute Gasteiger partial charge is 0.451 e. The van der Waals surface area contributed by atoms with Gasteiger partial charge in [0.05, 0.1) is 10.6 Å². The number of benzene rings is 2. The van der Waals surface area contributed by atoms with E-state index in [4.69, 9.17) is 27.6 Å². The average Bonchev–Trinajstić information content (AvgIpc) is 3.04. The van der Waals surface area contributed by atoms with E-state index in [-0.39, 0.29) is 22.1 Å². The lowest BCUT2D eigenvalue weighted by molar-refractivity contribution is -0.137. The summed E-state index contributed by atoms with van der Waals surface area (Å²) in [5.41, 5.74) is -0.362. The molecule has 3 rings (SSSR count). The van der Waals surface area contributed by atoms with E-state index in [1.54, 1.807) is 24.3 Å². The van der Waals surface area contributed by atoms with Gasteiger partial charge in [-0.1, -0.05) is 29.3 Å². The molecular weight excluding hydrogens is 390 g/mol. The van der Waals surface area contributed by atoms with Crippen molar-refractivity contribution in [1.29, 1.82) is 0 Å². The lowest BCUT2D eigenvalue weighted by atomic mass is 10.1. The van der Waals surface area contributed by atoms with Gasteiger partial charge in [0.15, 0.2) is 5.76 Å². The van der Waals surface area contributed by atoms with Crippen molar-refractivity contribution >= 4 is 34.8 Å². The van der Waals surface area contributed by atoms with Crippen LogP contribution >= 0.6 is 23.2 Å². The third-order valence-corrected chi connectivity index (χ3v) is 4.04. The monoisotopic (exact) mass is 399 g/mol. The normalized spacial score (nSPS) is 11.4. The Labute approximate surface area is 156 Å². The molecule has 1 amide bonds. The van der Waals surface area contributed by atoms with Crippen LogP contribution in [0, 0.1) is 0 Å². The Hall–Kier alpha value is -2.44. The summed E-state index contributed by atoms with van der Waals surface area (Å²) in [6.45, 7) is 0. The molecule has 0 saturated carbocycles. The van der Waals surface area contributed by atoms with Gasteiger partial charge in [-0.05, 0) is 48.5 Å². The smallest absolute Gasteiger partial charge is 0.416 e. The van der Waals surface area contributed by atoms with Crippen LogP contribution in [-0.4, -0.2) is 5.91 Å². The number of halogens is 5.